The monoisotopic (exact) mass is 320 g/mol. The Morgan fingerprint density at radius 3 is 2.70 bits per heavy atom. The molecule has 4 aliphatic rings. The van der Waals surface area contributed by atoms with E-state index in [0.717, 1.165) is 25.7 Å². The lowest BCUT2D eigenvalue weighted by Crippen LogP contribution is -2.63. The molecule has 4 fully saturated rings. The van der Waals surface area contributed by atoms with Gasteiger partial charge in [-0.1, -0.05) is 6.92 Å². The average molecular weight is 320 g/mol. The highest BCUT2D eigenvalue weighted by molar-refractivity contribution is 5.87. The van der Waals surface area contributed by atoms with E-state index in [1.54, 1.807) is 0 Å². The number of hydrogen-bond donors (Lipinski definition) is 2. The highest BCUT2D eigenvalue weighted by atomic mass is 16.3. The Hall–Kier alpha value is -0.740. The van der Waals surface area contributed by atoms with Crippen LogP contribution in [0.3, 0.4) is 0 Å². The van der Waals surface area contributed by atoms with Crippen LogP contribution in [0.4, 0.5) is 0 Å². The summed E-state index contributed by atoms with van der Waals surface area (Å²) in [6.45, 7) is 2.07. The second-order valence-corrected chi connectivity index (χ2v) is 8.55. The van der Waals surface area contributed by atoms with Gasteiger partial charge in [0.05, 0.1) is 11.7 Å². The zero-order chi connectivity index (χ0) is 16.4. The molecule has 4 heteroatoms. The van der Waals surface area contributed by atoms with Crippen LogP contribution in [0.1, 0.15) is 64.7 Å². The molecular formula is C19H28O4. The molecule has 0 aromatic rings. The number of carbonyl (C=O) groups is 2. The Morgan fingerprint density at radius 1 is 1.17 bits per heavy atom. The van der Waals surface area contributed by atoms with Crippen LogP contribution in [-0.2, 0) is 9.59 Å². The molecule has 0 heterocycles. The molecule has 0 aromatic carbocycles. The topological polar surface area (TPSA) is 74.6 Å². The summed E-state index contributed by atoms with van der Waals surface area (Å²) in [5.41, 5.74) is -1.25. The summed E-state index contributed by atoms with van der Waals surface area (Å²) >= 11 is 0. The van der Waals surface area contributed by atoms with Crippen LogP contribution in [0.5, 0.6) is 0 Å². The van der Waals surface area contributed by atoms with Gasteiger partial charge < -0.3 is 10.2 Å². The first-order valence-corrected chi connectivity index (χ1v) is 9.38. The SMILES string of the molecule is CC[C@]12C[C@@H](O)[C@H]3[C@@H](CCC4CC(=O)CC[C@@]43O)[C@@H]1CCC2=O. The van der Waals surface area contributed by atoms with Crippen LogP contribution >= 0.6 is 0 Å². The number of hydrogen-bond acceptors (Lipinski definition) is 4. The molecule has 0 saturated heterocycles. The van der Waals surface area contributed by atoms with E-state index in [0.29, 0.717) is 43.8 Å². The second kappa shape index (κ2) is 5.13. The Morgan fingerprint density at radius 2 is 1.96 bits per heavy atom. The highest BCUT2D eigenvalue weighted by Crippen LogP contribution is 2.63. The van der Waals surface area contributed by atoms with Gasteiger partial charge in [-0.05, 0) is 56.3 Å². The maximum atomic E-state index is 12.6. The predicted molar refractivity (Wildman–Crippen MR) is 84.6 cm³/mol. The quantitative estimate of drug-likeness (QED) is 0.777. The molecule has 2 N–H and O–H groups in total. The van der Waals surface area contributed by atoms with Crippen molar-refractivity contribution in [3.05, 3.63) is 0 Å². The lowest BCUT2D eigenvalue weighted by molar-refractivity contribution is -0.212. The van der Waals surface area contributed by atoms with Crippen LogP contribution < -0.4 is 0 Å². The van der Waals surface area contributed by atoms with Gasteiger partial charge in [0.15, 0.2) is 0 Å². The first-order valence-electron chi connectivity index (χ1n) is 9.38. The lowest BCUT2D eigenvalue weighted by atomic mass is 9.47. The van der Waals surface area contributed by atoms with Crippen molar-refractivity contribution in [3.63, 3.8) is 0 Å². The number of rotatable bonds is 1. The first-order chi connectivity index (χ1) is 10.9. The molecule has 0 radical (unpaired) electrons. The van der Waals surface area contributed by atoms with Crippen molar-refractivity contribution < 1.29 is 19.8 Å². The van der Waals surface area contributed by atoms with E-state index in [1.165, 1.54) is 0 Å². The molecule has 0 aromatic heterocycles. The van der Waals surface area contributed by atoms with Gasteiger partial charge in [-0.25, -0.2) is 0 Å². The molecule has 0 bridgehead atoms. The van der Waals surface area contributed by atoms with E-state index in [-0.39, 0.29) is 29.0 Å². The summed E-state index contributed by atoms with van der Waals surface area (Å²) in [6, 6.07) is 0. The average Bonchev–Trinajstić information content (AvgIpc) is 2.85. The van der Waals surface area contributed by atoms with Crippen molar-refractivity contribution in [2.24, 2.45) is 29.1 Å². The van der Waals surface area contributed by atoms with Gasteiger partial charge >= 0.3 is 0 Å². The molecular weight excluding hydrogens is 292 g/mol. The van der Waals surface area contributed by atoms with E-state index in [2.05, 4.69) is 6.92 Å². The zero-order valence-corrected chi connectivity index (χ0v) is 14.0. The molecule has 0 aliphatic heterocycles. The third-order valence-corrected chi connectivity index (χ3v) is 7.96. The summed E-state index contributed by atoms with van der Waals surface area (Å²) in [4.78, 5) is 24.4. The second-order valence-electron chi connectivity index (χ2n) is 8.55. The van der Waals surface area contributed by atoms with Crippen LogP contribution in [-0.4, -0.2) is 33.5 Å². The fourth-order valence-electron chi connectivity index (χ4n) is 6.91. The van der Waals surface area contributed by atoms with Gasteiger partial charge in [-0.2, -0.15) is 0 Å². The fraction of sp³-hybridized carbons (Fsp3) is 0.895. The molecule has 0 spiro atoms. The molecule has 7 atom stereocenters. The van der Waals surface area contributed by atoms with Gasteiger partial charge in [0.1, 0.15) is 11.6 Å². The summed E-state index contributed by atoms with van der Waals surface area (Å²) in [5, 5.41) is 22.4. The molecule has 23 heavy (non-hydrogen) atoms. The fourth-order valence-corrected chi connectivity index (χ4v) is 6.91. The summed E-state index contributed by atoms with van der Waals surface area (Å²) in [6.07, 6.45) is 5.46. The standard InChI is InChI=1S/C19H28O4/c1-2-18-10-15(21)17-13(14(18)5-6-16(18)22)4-3-11-9-12(20)7-8-19(11,17)23/h11,13-15,17,21,23H,2-10H2,1H3/t11?,13-,14-,15+,17+,18-,19+/m0/s1. The van der Waals surface area contributed by atoms with E-state index >= 15 is 0 Å². The van der Waals surface area contributed by atoms with Gasteiger partial charge in [0, 0.05) is 30.6 Å². The van der Waals surface area contributed by atoms with Crippen molar-refractivity contribution in [3.8, 4) is 0 Å². The largest absolute Gasteiger partial charge is 0.393 e. The minimum absolute atomic E-state index is 0.00545. The van der Waals surface area contributed by atoms with Crippen LogP contribution in [0.15, 0.2) is 0 Å². The minimum Gasteiger partial charge on any atom is -0.393 e. The van der Waals surface area contributed by atoms with E-state index in [4.69, 9.17) is 0 Å². The maximum Gasteiger partial charge on any atom is 0.139 e. The van der Waals surface area contributed by atoms with E-state index in [1.807, 2.05) is 0 Å². The zero-order valence-electron chi connectivity index (χ0n) is 14.0. The van der Waals surface area contributed by atoms with Crippen LogP contribution in [0.25, 0.3) is 0 Å². The Balaban J connectivity index is 1.71. The summed E-state index contributed by atoms with van der Waals surface area (Å²) < 4.78 is 0. The predicted octanol–water partition coefficient (Wildman–Crippen LogP) is 2.25. The number of aliphatic hydroxyl groups excluding tert-OH is 1. The van der Waals surface area contributed by atoms with Crippen LogP contribution in [0, 0.1) is 29.1 Å². The third kappa shape index (κ3) is 1.97. The first kappa shape index (κ1) is 15.8. The van der Waals surface area contributed by atoms with Gasteiger partial charge in [-0.3, -0.25) is 9.59 Å². The third-order valence-electron chi connectivity index (χ3n) is 7.96. The van der Waals surface area contributed by atoms with Gasteiger partial charge in [0.25, 0.3) is 0 Å². The minimum atomic E-state index is -0.901. The molecule has 1 unspecified atom stereocenters. The van der Waals surface area contributed by atoms with Crippen molar-refractivity contribution in [1.82, 2.24) is 0 Å². The van der Waals surface area contributed by atoms with Crippen molar-refractivity contribution in [2.75, 3.05) is 0 Å². The molecule has 4 rings (SSSR count). The summed E-state index contributed by atoms with van der Waals surface area (Å²) in [5.74, 6) is 0.990. The molecule has 4 nitrogen and oxygen atoms in total. The van der Waals surface area contributed by atoms with Crippen molar-refractivity contribution in [1.29, 1.82) is 0 Å². The number of Topliss-reactive ketones (excluding diaryl/α,β-unsaturated/α-hetero) is 2. The maximum absolute atomic E-state index is 12.6. The van der Waals surface area contributed by atoms with E-state index in [9.17, 15) is 19.8 Å². The normalized spacial score (nSPS) is 52.7. The number of aliphatic hydroxyl groups is 2. The molecule has 128 valence electrons. The van der Waals surface area contributed by atoms with Crippen molar-refractivity contribution in [2.45, 2.75) is 76.4 Å². The number of carbonyl (C=O) groups excluding carboxylic acids is 2. The highest BCUT2D eigenvalue weighted by Gasteiger charge is 2.65. The number of ketones is 2. The van der Waals surface area contributed by atoms with Gasteiger partial charge in [0.2, 0.25) is 0 Å². The Labute approximate surface area is 137 Å². The van der Waals surface area contributed by atoms with E-state index < -0.39 is 11.7 Å². The van der Waals surface area contributed by atoms with Gasteiger partial charge in [-0.15, -0.1) is 0 Å². The smallest absolute Gasteiger partial charge is 0.139 e. The van der Waals surface area contributed by atoms with Crippen molar-refractivity contribution >= 4 is 11.6 Å². The Bertz CT molecular complexity index is 543. The Kier molecular flexibility index (Phi) is 3.51. The molecule has 4 saturated carbocycles. The molecule has 0 amide bonds. The molecule has 4 aliphatic carbocycles. The summed E-state index contributed by atoms with van der Waals surface area (Å²) in [7, 11) is 0. The number of fused-ring (bicyclic) bond motifs is 5. The van der Waals surface area contributed by atoms with Crippen LogP contribution in [0.2, 0.25) is 0 Å². The lowest BCUT2D eigenvalue weighted by Gasteiger charge is -2.60.